The first-order chi connectivity index (χ1) is 12.1. The van der Waals surface area contributed by atoms with E-state index in [9.17, 15) is 9.59 Å². The third-order valence-electron chi connectivity index (χ3n) is 3.84. The van der Waals surface area contributed by atoms with Crippen molar-refractivity contribution >= 4 is 29.3 Å². The van der Waals surface area contributed by atoms with Crippen molar-refractivity contribution in [2.24, 2.45) is 0 Å². The molecule has 0 aromatic heterocycles. The lowest BCUT2D eigenvalue weighted by Crippen LogP contribution is -2.31. The van der Waals surface area contributed by atoms with Crippen molar-refractivity contribution in [3.05, 3.63) is 35.5 Å². The van der Waals surface area contributed by atoms with E-state index in [2.05, 4.69) is 12.2 Å². The van der Waals surface area contributed by atoms with E-state index < -0.39 is 5.97 Å². The number of ether oxygens (including phenoxy) is 1. The number of thioether (sulfide) groups is 1. The zero-order chi connectivity index (χ0) is 18.2. The van der Waals surface area contributed by atoms with Gasteiger partial charge < -0.3 is 20.1 Å². The van der Waals surface area contributed by atoms with E-state index in [0.717, 1.165) is 11.4 Å². The van der Waals surface area contributed by atoms with Crippen LogP contribution in [0.25, 0.3) is 0 Å². The molecule has 0 atom stereocenters. The average molecular weight is 364 g/mol. The van der Waals surface area contributed by atoms with Crippen molar-refractivity contribution in [1.29, 1.82) is 0 Å². The number of benzene rings is 1. The number of β-amino-alcohol motifs (C(OH)–C–C–N with tert-alkyl or cyclic N) is 1. The van der Waals surface area contributed by atoms with Crippen LogP contribution < -0.4 is 5.32 Å². The predicted molar refractivity (Wildman–Crippen MR) is 98.4 cm³/mol. The third-order valence-corrected chi connectivity index (χ3v) is 4.94. The van der Waals surface area contributed by atoms with Gasteiger partial charge in [0.2, 0.25) is 0 Å². The summed E-state index contributed by atoms with van der Waals surface area (Å²) in [6.07, 6.45) is 2.35. The van der Waals surface area contributed by atoms with Crippen LogP contribution in [0.3, 0.4) is 0 Å². The van der Waals surface area contributed by atoms with E-state index in [4.69, 9.17) is 9.84 Å². The van der Waals surface area contributed by atoms with Crippen molar-refractivity contribution in [1.82, 2.24) is 4.90 Å². The second-order valence-electron chi connectivity index (χ2n) is 5.65. The molecule has 0 radical (unpaired) electrons. The highest BCUT2D eigenvalue weighted by molar-refractivity contribution is 7.99. The van der Waals surface area contributed by atoms with Crippen LogP contribution in [0.4, 0.5) is 5.69 Å². The fourth-order valence-electron chi connectivity index (χ4n) is 2.46. The summed E-state index contributed by atoms with van der Waals surface area (Å²) in [5.74, 6) is 0.231. The van der Waals surface area contributed by atoms with Gasteiger partial charge in [0.1, 0.15) is 5.70 Å². The lowest BCUT2D eigenvalue weighted by molar-refractivity contribution is -0.136. The van der Waals surface area contributed by atoms with Gasteiger partial charge in [-0.25, -0.2) is 4.79 Å². The summed E-state index contributed by atoms with van der Waals surface area (Å²) in [7, 11) is 1.29. The Morgan fingerprint density at radius 1 is 1.36 bits per heavy atom. The van der Waals surface area contributed by atoms with Crippen molar-refractivity contribution in [3.8, 4) is 0 Å². The number of methoxy groups -OCH3 is 1. The lowest BCUT2D eigenvalue weighted by Gasteiger charge is -2.15. The number of hydrogen-bond donors (Lipinski definition) is 2. The molecule has 6 nitrogen and oxygen atoms in total. The molecule has 0 fully saturated rings. The Morgan fingerprint density at radius 3 is 2.68 bits per heavy atom. The summed E-state index contributed by atoms with van der Waals surface area (Å²) in [6, 6.07) is 7.76. The Bertz CT molecular complexity index is 643. The molecule has 0 aliphatic carbocycles. The first-order valence-electron chi connectivity index (χ1n) is 8.32. The number of esters is 1. The standard InChI is InChI=1S/C18H24N2O4S/c1-3-4-11-25-14-7-5-13(6-8-14)19-16-15(18(23)24-2)12-20(9-10-21)17(16)22/h5-8,19,21H,3-4,9-12H2,1-2H3. The van der Waals surface area contributed by atoms with Gasteiger partial charge in [0, 0.05) is 17.1 Å². The van der Waals surface area contributed by atoms with Crippen LogP contribution in [0, 0.1) is 0 Å². The van der Waals surface area contributed by atoms with Crippen molar-refractivity contribution in [3.63, 3.8) is 0 Å². The SMILES string of the molecule is CCCCSc1ccc(NC2=C(C(=O)OC)CN(CCO)C2=O)cc1. The van der Waals surface area contributed by atoms with Gasteiger partial charge in [-0.2, -0.15) is 0 Å². The second-order valence-corrected chi connectivity index (χ2v) is 6.82. The Hall–Kier alpha value is -1.99. The minimum Gasteiger partial charge on any atom is -0.466 e. The van der Waals surface area contributed by atoms with Crippen LogP contribution in [0.15, 0.2) is 40.4 Å². The molecule has 7 heteroatoms. The van der Waals surface area contributed by atoms with Crippen LogP contribution in [-0.4, -0.2) is 54.4 Å². The van der Waals surface area contributed by atoms with Crippen LogP contribution in [0.5, 0.6) is 0 Å². The predicted octanol–water partition coefficient (Wildman–Crippen LogP) is 2.25. The number of amides is 1. The van der Waals surface area contributed by atoms with Gasteiger partial charge in [0.15, 0.2) is 0 Å². The molecule has 2 rings (SSSR count). The number of anilines is 1. The summed E-state index contributed by atoms with van der Waals surface area (Å²) in [6.45, 7) is 2.33. The molecular weight excluding hydrogens is 340 g/mol. The second kappa shape index (κ2) is 9.48. The van der Waals surface area contributed by atoms with E-state index >= 15 is 0 Å². The quantitative estimate of drug-likeness (QED) is 0.397. The van der Waals surface area contributed by atoms with E-state index in [0.29, 0.717) is 0 Å². The van der Waals surface area contributed by atoms with Gasteiger partial charge in [-0.1, -0.05) is 13.3 Å². The van der Waals surface area contributed by atoms with Crippen LogP contribution in [0.2, 0.25) is 0 Å². The normalized spacial score (nSPS) is 14.2. The molecule has 25 heavy (non-hydrogen) atoms. The Balaban J connectivity index is 2.12. The van der Waals surface area contributed by atoms with Crippen LogP contribution in [-0.2, 0) is 14.3 Å². The highest BCUT2D eigenvalue weighted by Gasteiger charge is 2.34. The number of unbranched alkanes of at least 4 members (excludes halogenated alkanes) is 1. The summed E-state index contributed by atoms with van der Waals surface area (Å²) < 4.78 is 4.77. The van der Waals surface area contributed by atoms with Gasteiger partial charge in [0.05, 0.1) is 25.8 Å². The fourth-order valence-corrected chi connectivity index (χ4v) is 3.46. The zero-order valence-corrected chi connectivity index (χ0v) is 15.4. The number of nitrogens with zero attached hydrogens (tertiary/aromatic N) is 1. The van der Waals surface area contributed by atoms with Crippen molar-refractivity contribution in [2.45, 2.75) is 24.7 Å². The van der Waals surface area contributed by atoms with E-state index in [1.54, 1.807) is 11.8 Å². The molecule has 0 unspecified atom stereocenters. The largest absolute Gasteiger partial charge is 0.466 e. The Labute approximate surface area is 152 Å². The summed E-state index contributed by atoms with van der Waals surface area (Å²) in [4.78, 5) is 27.0. The molecule has 1 amide bonds. The van der Waals surface area contributed by atoms with Crippen LogP contribution in [0.1, 0.15) is 19.8 Å². The monoisotopic (exact) mass is 364 g/mol. The first kappa shape index (κ1) is 19.3. The minimum absolute atomic E-state index is 0.138. The first-order valence-corrected chi connectivity index (χ1v) is 9.30. The Kier molecular flexibility index (Phi) is 7.33. The van der Waals surface area contributed by atoms with Crippen molar-refractivity contribution in [2.75, 3.05) is 37.9 Å². The summed E-state index contributed by atoms with van der Waals surface area (Å²) >= 11 is 1.80. The zero-order valence-electron chi connectivity index (χ0n) is 14.6. The van der Waals surface area contributed by atoms with Gasteiger partial charge >= 0.3 is 5.97 Å². The number of aliphatic hydroxyl groups excluding tert-OH is 1. The van der Waals surface area contributed by atoms with Gasteiger partial charge in [-0.3, -0.25) is 4.79 Å². The third kappa shape index (κ3) is 4.99. The molecule has 1 aromatic rings. The topological polar surface area (TPSA) is 78.9 Å². The molecule has 136 valence electrons. The number of aliphatic hydroxyl groups is 1. The molecule has 1 aromatic carbocycles. The van der Waals surface area contributed by atoms with Gasteiger partial charge in [0.25, 0.3) is 5.91 Å². The number of rotatable bonds is 9. The highest BCUT2D eigenvalue weighted by atomic mass is 32.2. The molecule has 0 saturated heterocycles. The number of nitrogens with one attached hydrogen (secondary N) is 1. The number of carbonyl (C=O) groups excluding carboxylic acids is 2. The smallest absolute Gasteiger partial charge is 0.337 e. The van der Waals surface area contributed by atoms with Gasteiger partial charge in [-0.15, -0.1) is 11.8 Å². The average Bonchev–Trinajstić information content (AvgIpc) is 2.93. The lowest BCUT2D eigenvalue weighted by atomic mass is 10.2. The maximum atomic E-state index is 12.5. The molecule has 1 heterocycles. The molecule has 2 N–H and O–H groups in total. The molecule has 1 aliphatic heterocycles. The minimum atomic E-state index is -0.539. The van der Waals surface area contributed by atoms with E-state index in [1.165, 1.54) is 29.7 Å². The molecule has 1 aliphatic rings. The Morgan fingerprint density at radius 2 is 2.08 bits per heavy atom. The summed E-state index contributed by atoms with van der Waals surface area (Å²) in [5.41, 5.74) is 1.23. The number of carbonyl (C=O) groups is 2. The molecule has 0 saturated carbocycles. The van der Waals surface area contributed by atoms with E-state index in [1.807, 2.05) is 24.3 Å². The van der Waals surface area contributed by atoms with Gasteiger partial charge in [-0.05, 0) is 36.4 Å². The summed E-state index contributed by atoms with van der Waals surface area (Å²) in [5, 5.41) is 12.1. The maximum Gasteiger partial charge on any atom is 0.337 e. The van der Waals surface area contributed by atoms with Crippen LogP contribution >= 0.6 is 11.8 Å². The van der Waals surface area contributed by atoms with E-state index in [-0.39, 0.29) is 36.9 Å². The number of hydrogen-bond acceptors (Lipinski definition) is 6. The molecule has 0 spiro atoms. The highest BCUT2D eigenvalue weighted by Crippen LogP contribution is 2.25. The molecule has 0 bridgehead atoms. The fraction of sp³-hybridized carbons (Fsp3) is 0.444. The molecular formula is C18H24N2O4S. The maximum absolute atomic E-state index is 12.5. The van der Waals surface area contributed by atoms with Crippen molar-refractivity contribution < 1.29 is 19.4 Å².